The minimum atomic E-state index is -4.67. The van der Waals surface area contributed by atoms with Crippen LogP contribution in [0.1, 0.15) is 80.4 Å². The molecule has 0 saturated carbocycles. The van der Waals surface area contributed by atoms with E-state index in [0.29, 0.717) is 24.0 Å². The number of esters is 1. The highest BCUT2D eigenvalue weighted by atomic mass is 32.3. The summed E-state index contributed by atoms with van der Waals surface area (Å²) in [6, 6.07) is 17.4. The summed E-state index contributed by atoms with van der Waals surface area (Å²) in [7, 11) is -4.67. The van der Waals surface area contributed by atoms with E-state index in [9.17, 15) is 4.79 Å². The van der Waals surface area contributed by atoms with Gasteiger partial charge in [-0.1, -0.05) is 52.0 Å². The standard InChI is InChI=1S/C12H16O2.C10H11N.C2H6O.H2O4S/c1-4-14-12(13)11-7-5-6-10(8-11)9(2)3;1-8(2)10-5-3-4-9(6-10)7-11;1-2-3;1-5(2,3)4/h5-9H,4H2,1-3H3;3-6,8H,1-2H3;3H,2H2,1H3;(H2,1,2,3,4). The van der Waals surface area contributed by atoms with Crippen LogP contribution in [0, 0.1) is 11.3 Å². The highest BCUT2D eigenvalue weighted by molar-refractivity contribution is 7.79. The summed E-state index contributed by atoms with van der Waals surface area (Å²) in [6.07, 6.45) is 0. The number of nitrogens with zero attached hydrogens (tertiary/aromatic N) is 1. The molecule has 0 radical (unpaired) electrons. The lowest BCUT2D eigenvalue weighted by Gasteiger charge is -2.07. The Morgan fingerprint density at radius 1 is 0.970 bits per heavy atom. The fraction of sp³-hybridized carbons (Fsp3) is 0.417. The second-order valence-electron chi connectivity index (χ2n) is 7.16. The van der Waals surface area contributed by atoms with Crippen molar-refractivity contribution in [3.8, 4) is 6.07 Å². The van der Waals surface area contributed by atoms with E-state index >= 15 is 0 Å². The number of carbonyl (C=O) groups excluding carboxylic acids is 1. The molecule has 0 atom stereocenters. The van der Waals surface area contributed by atoms with Crippen LogP contribution in [0.3, 0.4) is 0 Å². The maximum atomic E-state index is 11.4. The molecule has 0 aliphatic rings. The summed E-state index contributed by atoms with van der Waals surface area (Å²) in [5.74, 6) is 0.697. The summed E-state index contributed by atoms with van der Waals surface area (Å²) in [6.45, 7) is 12.6. The van der Waals surface area contributed by atoms with E-state index in [4.69, 9.17) is 32.6 Å². The molecule has 33 heavy (non-hydrogen) atoms. The lowest BCUT2D eigenvalue weighted by Crippen LogP contribution is -2.05. The zero-order valence-corrected chi connectivity index (χ0v) is 20.8. The van der Waals surface area contributed by atoms with E-state index < -0.39 is 10.4 Å². The zero-order valence-electron chi connectivity index (χ0n) is 20.0. The van der Waals surface area contributed by atoms with Crippen LogP contribution < -0.4 is 0 Å². The van der Waals surface area contributed by atoms with Crippen molar-refractivity contribution in [2.75, 3.05) is 13.2 Å². The van der Waals surface area contributed by atoms with Crippen LogP contribution >= 0.6 is 0 Å². The third-order valence-corrected chi connectivity index (χ3v) is 3.75. The topological polar surface area (TPSA) is 145 Å². The van der Waals surface area contributed by atoms with Crippen molar-refractivity contribution in [2.45, 2.75) is 53.4 Å². The molecule has 0 aliphatic heterocycles. The Balaban J connectivity index is 0. The lowest BCUT2D eigenvalue weighted by molar-refractivity contribution is 0.0526. The highest BCUT2D eigenvalue weighted by Gasteiger charge is 2.07. The van der Waals surface area contributed by atoms with Gasteiger partial charge in [-0.15, -0.1) is 0 Å². The first-order chi connectivity index (χ1) is 15.3. The Kier molecular flexibility index (Phi) is 17.4. The van der Waals surface area contributed by atoms with Gasteiger partial charge in [0, 0.05) is 6.61 Å². The quantitative estimate of drug-likeness (QED) is 0.408. The molecule has 184 valence electrons. The smallest absolute Gasteiger partial charge is 0.394 e. The molecule has 0 fully saturated rings. The van der Waals surface area contributed by atoms with Gasteiger partial charge in [-0.25, -0.2) is 4.79 Å². The van der Waals surface area contributed by atoms with Crippen molar-refractivity contribution < 1.29 is 32.2 Å². The third kappa shape index (κ3) is 18.5. The zero-order chi connectivity index (χ0) is 26.0. The normalized spacial score (nSPS) is 9.88. The van der Waals surface area contributed by atoms with Gasteiger partial charge in [0.1, 0.15) is 0 Å². The van der Waals surface area contributed by atoms with Gasteiger partial charge in [-0.05, 0) is 61.1 Å². The number of nitriles is 1. The first-order valence-corrected chi connectivity index (χ1v) is 11.8. The molecular formula is C24H35NO7S. The Morgan fingerprint density at radius 2 is 1.39 bits per heavy atom. The molecule has 2 aromatic rings. The van der Waals surface area contributed by atoms with Gasteiger partial charge in [-0.2, -0.15) is 13.7 Å². The van der Waals surface area contributed by atoms with E-state index in [-0.39, 0.29) is 12.6 Å². The van der Waals surface area contributed by atoms with Gasteiger partial charge in [0.25, 0.3) is 0 Å². The van der Waals surface area contributed by atoms with Crippen LogP contribution in [0.4, 0.5) is 0 Å². The van der Waals surface area contributed by atoms with Crippen molar-refractivity contribution in [1.29, 1.82) is 5.26 Å². The molecule has 0 spiro atoms. The average molecular weight is 482 g/mol. The molecular weight excluding hydrogens is 446 g/mol. The van der Waals surface area contributed by atoms with Crippen molar-refractivity contribution >= 4 is 16.4 Å². The molecule has 8 nitrogen and oxygen atoms in total. The molecule has 0 aromatic heterocycles. The Labute approximate surface area is 197 Å². The Hall–Kier alpha value is -2.77. The average Bonchev–Trinajstić information content (AvgIpc) is 2.74. The van der Waals surface area contributed by atoms with Gasteiger partial charge in [-0.3, -0.25) is 9.11 Å². The number of rotatable bonds is 4. The van der Waals surface area contributed by atoms with E-state index in [1.54, 1.807) is 13.0 Å². The Bertz CT molecular complexity index is 957. The number of ether oxygens (including phenoxy) is 1. The molecule has 0 unspecified atom stereocenters. The van der Waals surface area contributed by atoms with Gasteiger partial charge < -0.3 is 9.84 Å². The van der Waals surface area contributed by atoms with Crippen molar-refractivity contribution in [1.82, 2.24) is 0 Å². The molecule has 0 bridgehead atoms. The fourth-order valence-electron chi connectivity index (χ4n) is 2.21. The van der Waals surface area contributed by atoms with Crippen molar-refractivity contribution in [3.63, 3.8) is 0 Å². The van der Waals surface area contributed by atoms with Crippen molar-refractivity contribution in [3.05, 3.63) is 70.8 Å². The molecule has 2 aromatic carbocycles. The minimum absolute atomic E-state index is 0.241. The summed E-state index contributed by atoms with van der Waals surface area (Å²) in [5.41, 5.74) is 3.77. The van der Waals surface area contributed by atoms with Gasteiger partial charge in [0.2, 0.25) is 0 Å². The van der Waals surface area contributed by atoms with Crippen LogP contribution in [-0.2, 0) is 15.1 Å². The first kappa shape index (κ1) is 32.4. The van der Waals surface area contributed by atoms with Crippen LogP contribution in [0.2, 0.25) is 0 Å². The second-order valence-corrected chi connectivity index (χ2v) is 8.05. The summed E-state index contributed by atoms with van der Waals surface area (Å²) in [5, 5.41) is 16.2. The van der Waals surface area contributed by atoms with Crippen LogP contribution in [0.25, 0.3) is 0 Å². The van der Waals surface area contributed by atoms with E-state index in [0.717, 1.165) is 11.1 Å². The maximum Gasteiger partial charge on any atom is 0.394 e. The van der Waals surface area contributed by atoms with Gasteiger partial charge in [0.05, 0.1) is 23.8 Å². The number of aliphatic hydroxyl groups is 1. The Morgan fingerprint density at radius 3 is 1.79 bits per heavy atom. The number of hydrogen-bond acceptors (Lipinski definition) is 6. The molecule has 0 heterocycles. The summed E-state index contributed by atoms with van der Waals surface area (Å²) < 4.78 is 36.5. The first-order valence-electron chi connectivity index (χ1n) is 10.4. The number of benzene rings is 2. The van der Waals surface area contributed by atoms with Crippen LogP contribution in [0.5, 0.6) is 0 Å². The molecule has 0 amide bonds. The SMILES string of the molecule is CC(C)c1cccc(C#N)c1.CCO.CCOC(=O)c1cccc(C(C)C)c1.O=S(=O)(O)O. The van der Waals surface area contributed by atoms with Gasteiger partial charge >= 0.3 is 16.4 Å². The molecule has 9 heteroatoms. The number of aliphatic hydroxyl groups excluding tert-OH is 1. The minimum Gasteiger partial charge on any atom is -0.462 e. The number of hydrogen-bond donors (Lipinski definition) is 3. The maximum absolute atomic E-state index is 11.4. The predicted molar refractivity (Wildman–Crippen MR) is 129 cm³/mol. The van der Waals surface area contributed by atoms with Crippen molar-refractivity contribution in [2.24, 2.45) is 0 Å². The summed E-state index contributed by atoms with van der Waals surface area (Å²) in [4.78, 5) is 11.4. The number of carbonyl (C=O) groups is 1. The van der Waals surface area contributed by atoms with E-state index in [1.807, 2.05) is 49.4 Å². The van der Waals surface area contributed by atoms with Crippen LogP contribution in [-0.4, -0.2) is 41.8 Å². The van der Waals surface area contributed by atoms with E-state index in [2.05, 4.69) is 33.8 Å². The largest absolute Gasteiger partial charge is 0.462 e. The predicted octanol–water partition coefficient (Wildman–Crippen LogP) is 5.01. The molecule has 2 rings (SSSR count). The monoisotopic (exact) mass is 481 g/mol. The highest BCUT2D eigenvalue weighted by Crippen LogP contribution is 2.16. The third-order valence-electron chi connectivity index (χ3n) is 3.75. The second kappa shape index (κ2) is 17.7. The lowest BCUT2D eigenvalue weighted by atomic mass is 10.0. The summed E-state index contributed by atoms with van der Waals surface area (Å²) >= 11 is 0. The van der Waals surface area contributed by atoms with E-state index in [1.165, 1.54) is 5.56 Å². The molecule has 3 N–H and O–H groups in total. The molecule has 0 saturated heterocycles. The molecule has 0 aliphatic carbocycles. The van der Waals surface area contributed by atoms with Crippen LogP contribution in [0.15, 0.2) is 48.5 Å². The fourth-order valence-corrected chi connectivity index (χ4v) is 2.21. The van der Waals surface area contributed by atoms with Gasteiger partial charge in [0.15, 0.2) is 0 Å².